The molecule has 0 radical (unpaired) electrons. The van der Waals surface area contributed by atoms with Crippen molar-refractivity contribution in [3.05, 3.63) is 35.9 Å². The summed E-state index contributed by atoms with van der Waals surface area (Å²) in [5, 5.41) is 0. The smallest absolute Gasteiger partial charge is 0.253 e. The van der Waals surface area contributed by atoms with Crippen LogP contribution in [0.2, 0.25) is 0 Å². The van der Waals surface area contributed by atoms with E-state index in [4.69, 9.17) is 4.74 Å². The predicted molar refractivity (Wildman–Crippen MR) is 74.1 cm³/mol. The second-order valence-electron chi connectivity index (χ2n) is 5.65. The summed E-state index contributed by atoms with van der Waals surface area (Å²) in [5.74, 6) is 0.159. The Morgan fingerprint density at radius 3 is 2.42 bits per heavy atom. The summed E-state index contributed by atoms with van der Waals surface area (Å²) < 4.78 is 6.00. The topological polar surface area (TPSA) is 29.5 Å². The fourth-order valence-electron chi connectivity index (χ4n) is 3.19. The van der Waals surface area contributed by atoms with Gasteiger partial charge in [-0.3, -0.25) is 4.79 Å². The molecule has 0 atom stereocenters. The molecule has 3 heteroatoms. The number of nitrogens with zero attached hydrogens (tertiary/aromatic N) is 1. The number of hydrogen-bond acceptors (Lipinski definition) is 2. The van der Waals surface area contributed by atoms with Gasteiger partial charge in [-0.1, -0.05) is 18.2 Å². The van der Waals surface area contributed by atoms with Crippen molar-refractivity contribution in [2.45, 2.75) is 37.7 Å². The van der Waals surface area contributed by atoms with Crippen LogP contribution in [-0.4, -0.2) is 36.1 Å². The molecule has 102 valence electrons. The maximum atomic E-state index is 12.4. The van der Waals surface area contributed by atoms with Crippen molar-refractivity contribution in [2.24, 2.45) is 0 Å². The van der Waals surface area contributed by atoms with Crippen molar-refractivity contribution < 1.29 is 9.53 Å². The molecule has 19 heavy (non-hydrogen) atoms. The summed E-state index contributed by atoms with van der Waals surface area (Å²) >= 11 is 0. The van der Waals surface area contributed by atoms with E-state index >= 15 is 0 Å². The number of benzene rings is 1. The van der Waals surface area contributed by atoms with E-state index in [1.165, 1.54) is 19.3 Å². The SMILES string of the molecule is O=C(c1ccccc1)N1CCC2(CCCCO2)CC1. The standard InChI is InChI=1S/C16H21NO2/c18-15(14-6-2-1-3-7-14)17-11-9-16(10-12-17)8-4-5-13-19-16/h1-3,6-7H,4-5,8-13H2. The van der Waals surface area contributed by atoms with E-state index in [-0.39, 0.29) is 11.5 Å². The molecule has 0 bridgehead atoms. The van der Waals surface area contributed by atoms with Crippen molar-refractivity contribution >= 4 is 5.91 Å². The first-order valence-electron chi connectivity index (χ1n) is 7.27. The Hall–Kier alpha value is -1.35. The first-order chi connectivity index (χ1) is 9.29. The van der Waals surface area contributed by atoms with E-state index in [9.17, 15) is 4.79 Å². The summed E-state index contributed by atoms with van der Waals surface area (Å²) in [6.45, 7) is 2.55. The first kappa shape index (κ1) is 12.7. The number of hydrogen-bond donors (Lipinski definition) is 0. The zero-order valence-corrected chi connectivity index (χ0v) is 11.3. The summed E-state index contributed by atoms with van der Waals surface area (Å²) in [5.41, 5.74) is 0.870. The van der Waals surface area contributed by atoms with Crippen molar-refractivity contribution in [1.82, 2.24) is 4.90 Å². The predicted octanol–water partition coefficient (Wildman–Crippen LogP) is 2.86. The number of likely N-dealkylation sites (tertiary alicyclic amines) is 1. The number of rotatable bonds is 1. The number of ether oxygens (including phenoxy) is 1. The molecule has 2 fully saturated rings. The minimum Gasteiger partial charge on any atom is -0.375 e. The van der Waals surface area contributed by atoms with Crippen molar-refractivity contribution in [1.29, 1.82) is 0 Å². The molecule has 3 rings (SSSR count). The van der Waals surface area contributed by atoms with E-state index in [2.05, 4.69) is 0 Å². The molecule has 0 saturated carbocycles. The van der Waals surface area contributed by atoms with Crippen LogP contribution in [0, 0.1) is 0 Å². The van der Waals surface area contributed by atoms with Crippen LogP contribution in [0.25, 0.3) is 0 Å². The van der Waals surface area contributed by atoms with Crippen LogP contribution in [0.15, 0.2) is 30.3 Å². The highest BCUT2D eigenvalue weighted by Crippen LogP contribution is 2.35. The molecular weight excluding hydrogens is 238 g/mol. The Labute approximate surface area is 114 Å². The summed E-state index contributed by atoms with van der Waals surface area (Å²) in [4.78, 5) is 14.3. The lowest BCUT2D eigenvalue weighted by Crippen LogP contribution is -2.49. The molecule has 2 aliphatic rings. The Kier molecular flexibility index (Phi) is 3.56. The summed E-state index contributed by atoms with van der Waals surface area (Å²) in [6.07, 6.45) is 5.61. The third-order valence-corrected chi connectivity index (χ3v) is 4.42. The zero-order valence-electron chi connectivity index (χ0n) is 11.3. The quantitative estimate of drug-likeness (QED) is 0.776. The molecule has 2 saturated heterocycles. The number of carbonyl (C=O) groups is 1. The monoisotopic (exact) mass is 259 g/mol. The number of carbonyl (C=O) groups excluding carboxylic acids is 1. The molecule has 3 nitrogen and oxygen atoms in total. The van der Waals surface area contributed by atoms with E-state index in [0.717, 1.165) is 38.1 Å². The van der Waals surface area contributed by atoms with Crippen LogP contribution in [0.5, 0.6) is 0 Å². The lowest BCUT2D eigenvalue weighted by atomic mass is 9.84. The molecule has 1 aromatic rings. The minimum absolute atomic E-state index is 0.0751. The van der Waals surface area contributed by atoms with Crippen LogP contribution >= 0.6 is 0 Å². The molecule has 1 spiro atoms. The van der Waals surface area contributed by atoms with Crippen molar-refractivity contribution in [3.63, 3.8) is 0 Å². The summed E-state index contributed by atoms with van der Waals surface area (Å²) in [6, 6.07) is 9.57. The van der Waals surface area contributed by atoms with Gasteiger partial charge < -0.3 is 9.64 Å². The minimum atomic E-state index is 0.0751. The average Bonchev–Trinajstić information content (AvgIpc) is 2.49. The highest BCUT2D eigenvalue weighted by atomic mass is 16.5. The van der Waals surface area contributed by atoms with E-state index in [0.29, 0.717) is 0 Å². The lowest BCUT2D eigenvalue weighted by Gasteiger charge is -2.44. The zero-order chi connectivity index (χ0) is 13.1. The third kappa shape index (κ3) is 2.66. The molecule has 0 aromatic heterocycles. The normalized spacial score (nSPS) is 22.4. The molecular formula is C16H21NO2. The third-order valence-electron chi connectivity index (χ3n) is 4.42. The van der Waals surface area contributed by atoms with Crippen LogP contribution in [0.3, 0.4) is 0 Å². The molecule has 2 heterocycles. The summed E-state index contributed by atoms with van der Waals surface area (Å²) in [7, 11) is 0. The van der Waals surface area contributed by atoms with Gasteiger partial charge in [-0.15, -0.1) is 0 Å². The van der Waals surface area contributed by atoms with Crippen LogP contribution in [0.4, 0.5) is 0 Å². The molecule has 1 amide bonds. The molecule has 1 aromatic carbocycles. The molecule has 0 unspecified atom stereocenters. The van der Waals surface area contributed by atoms with E-state index in [1.54, 1.807) is 0 Å². The Morgan fingerprint density at radius 2 is 1.79 bits per heavy atom. The molecule has 2 aliphatic heterocycles. The fraction of sp³-hybridized carbons (Fsp3) is 0.562. The van der Waals surface area contributed by atoms with Gasteiger partial charge in [-0.25, -0.2) is 0 Å². The first-order valence-corrected chi connectivity index (χ1v) is 7.27. The highest BCUT2D eigenvalue weighted by molar-refractivity contribution is 5.94. The Balaban J connectivity index is 1.62. The van der Waals surface area contributed by atoms with Crippen LogP contribution < -0.4 is 0 Å². The van der Waals surface area contributed by atoms with Gasteiger partial charge in [-0.05, 0) is 44.2 Å². The molecule has 0 aliphatic carbocycles. The number of amides is 1. The lowest BCUT2D eigenvalue weighted by molar-refractivity contribution is -0.107. The van der Waals surface area contributed by atoms with Crippen LogP contribution in [0.1, 0.15) is 42.5 Å². The largest absolute Gasteiger partial charge is 0.375 e. The van der Waals surface area contributed by atoms with Gasteiger partial charge in [0.05, 0.1) is 5.60 Å². The second kappa shape index (κ2) is 5.33. The Bertz CT molecular complexity index is 427. The highest BCUT2D eigenvalue weighted by Gasteiger charge is 2.37. The average molecular weight is 259 g/mol. The van der Waals surface area contributed by atoms with Gasteiger partial charge in [0.15, 0.2) is 0 Å². The van der Waals surface area contributed by atoms with E-state index < -0.39 is 0 Å². The molecule has 0 N–H and O–H groups in total. The van der Waals surface area contributed by atoms with Crippen LogP contribution in [-0.2, 0) is 4.74 Å². The fourth-order valence-corrected chi connectivity index (χ4v) is 3.19. The van der Waals surface area contributed by atoms with E-state index in [1.807, 2.05) is 35.2 Å². The maximum absolute atomic E-state index is 12.4. The van der Waals surface area contributed by atoms with Crippen molar-refractivity contribution in [3.8, 4) is 0 Å². The second-order valence-corrected chi connectivity index (χ2v) is 5.65. The van der Waals surface area contributed by atoms with Gasteiger partial charge >= 0.3 is 0 Å². The van der Waals surface area contributed by atoms with Gasteiger partial charge in [0.1, 0.15) is 0 Å². The number of piperidine rings is 1. The van der Waals surface area contributed by atoms with Crippen molar-refractivity contribution in [2.75, 3.05) is 19.7 Å². The van der Waals surface area contributed by atoms with Gasteiger partial charge in [0.25, 0.3) is 5.91 Å². The van der Waals surface area contributed by atoms with Gasteiger partial charge in [0, 0.05) is 25.3 Å². The Morgan fingerprint density at radius 1 is 1.05 bits per heavy atom. The van der Waals surface area contributed by atoms with Gasteiger partial charge in [-0.2, -0.15) is 0 Å². The van der Waals surface area contributed by atoms with Gasteiger partial charge in [0.2, 0.25) is 0 Å². The maximum Gasteiger partial charge on any atom is 0.253 e.